The lowest BCUT2D eigenvalue weighted by Gasteiger charge is -2.20. The predicted molar refractivity (Wildman–Crippen MR) is 72.9 cm³/mol. The van der Waals surface area contributed by atoms with Crippen LogP contribution in [0.3, 0.4) is 0 Å². The minimum Gasteiger partial charge on any atom is -0.326 e. The molecule has 1 fully saturated rings. The van der Waals surface area contributed by atoms with Crippen molar-refractivity contribution in [2.75, 3.05) is 5.32 Å². The van der Waals surface area contributed by atoms with Crippen molar-refractivity contribution in [1.29, 1.82) is 0 Å². The Morgan fingerprint density at radius 3 is 2.65 bits per heavy atom. The lowest BCUT2D eigenvalue weighted by Crippen LogP contribution is -2.18. The van der Waals surface area contributed by atoms with Gasteiger partial charge in [-0.3, -0.25) is 14.9 Å². The molecule has 0 aromatic heterocycles. The van der Waals surface area contributed by atoms with Crippen molar-refractivity contribution < 1.29 is 14.1 Å². The van der Waals surface area contributed by atoms with E-state index in [0.29, 0.717) is 12.3 Å². The van der Waals surface area contributed by atoms with Crippen LogP contribution in [0.15, 0.2) is 18.2 Å². The Morgan fingerprint density at radius 1 is 1.35 bits per heavy atom. The third-order valence-corrected chi connectivity index (χ3v) is 3.63. The number of rotatable bonds is 4. The second kappa shape index (κ2) is 6.45. The number of carbonyl (C=O) groups excluding carboxylic acids is 1. The fourth-order valence-corrected chi connectivity index (χ4v) is 2.60. The normalized spacial score (nSPS) is 15.8. The zero-order valence-electron chi connectivity index (χ0n) is 11.1. The number of nitrogens with one attached hydrogen (secondary N) is 1. The molecule has 0 spiro atoms. The molecule has 0 atom stereocenters. The number of nitro benzene ring substituents is 1. The molecule has 1 saturated carbocycles. The Labute approximate surface area is 116 Å². The number of anilines is 1. The highest BCUT2D eigenvalue weighted by Gasteiger charge is 2.18. The lowest BCUT2D eigenvalue weighted by atomic mass is 9.87. The number of nitrogens with zero attached hydrogens (tertiary/aromatic N) is 1. The first-order valence-corrected chi connectivity index (χ1v) is 6.80. The molecule has 0 heterocycles. The maximum Gasteiger partial charge on any atom is 0.304 e. The highest BCUT2D eigenvalue weighted by molar-refractivity contribution is 5.90. The second-order valence-corrected chi connectivity index (χ2v) is 5.18. The molecule has 1 N–H and O–H groups in total. The maximum absolute atomic E-state index is 13.4. The van der Waals surface area contributed by atoms with Crippen LogP contribution >= 0.6 is 0 Å². The number of halogens is 1. The molecule has 0 bridgehead atoms. The van der Waals surface area contributed by atoms with Crippen LogP contribution in [-0.2, 0) is 4.79 Å². The smallest absolute Gasteiger partial charge is 0.304 e. The molecule has 0 aliphatic heterocycles. The molecule has 6 heteroatoms. The summed E-state index contributed by atoms with van der Waals surface area (Å²) in [5.41, 5.74) is -0.329. The molecule has 2 rings (SSSR count). The molecular formula is C14H17FN2O3. The standard InChI is InChI=1S/C14H17FN2O3/c15-12-9-11(6-7-13(12)17(19)20)16-14(18)8-10-4-2-1-3-5-10/h6-7,9-10H,1-5,8H2,(H,16,18). The summed E-state index contributed by atoms with van der Waals surface area (Å²) in [4.78, 5) is 21.6. The molecule has 1 aromatic rings. The van der Waals surface area contributed by atoms with Crippen molar-refractivity contribution >= 4 is 17.3 Å². The number of nitro groups is 1. The highest BCUT2D eigenvalue weighted by Crippen LogP contribution is 2.27. The Kier molecular flexibility index (Phi) is 4.65. The first-order chi connectivity index (χ1) is 9.56. The zero-order chi connectivity index (χ0) is 14.5. The third-order valence-electron chi connectivity index (χ3n) is 3.63. The van der Waals surface area contributed by atoms with E-state index in [0.717, 1.165) is 37.8 Å². The summed E-state index contributed by atoms with van der Waals surface area (Å²) >= 11 is 0. The van der Waals surface area contributed by atoms with E-state index in [4.69, 9.17) is 0 Å². The van der Waals surface area contributed by atoms with Crippen molar-refractivity contribution in [2.24, 2.45) is 5.92 Å². The quantitative estimate of drug-likeness (QED) is 0.676. The molecule has 1 amide bonds. The van der Waals surface area contributed by atoms with Gasteiger partial charge in [0.05, 0.1) is 4.92 Å². The number of amides is 1. The Hall–Kier alpha value is -1.98. The van der Waals surface area contributed by atoms with E-state index in [-0.39, 0.29) is 11.6 Å². The van der Waals surface area contributed by atoms with Gasteiger partial charge in [0, 0.05) is 24.2 Å². The van der Waals surface area contributed by atoms with Crippen LogP contribution in [-0.4, -0.2) is 10.8 Å². The molecule has 0 radical (unpaired) electrons. The van der Waals surface area contributed by atoms with E-state index < -0.39 is 16.4 Å². The SMILES string of the molecule is O=C(CC1CCCCC1)Nc1ccc([N+](=O)[O-])c(F)c1. The second-order valence-electron chi connectivity index (χ2n) is 5.18. The molecule has 5 nitrogen and oxygen atoms in total. The molecule has 108 valence electrons. The van der Waals surface area contributed by atoms with E-state index in [9.17, 15) is 19.3 Å². The molecular weight excluding hydrogens is 263 g/mol. The van der Waals surface area contributed by atoms with Crippen LogP contribution in [0.1, 0.15) is 38.5 Å². The van der Waals surface area contributed by atoms with Crippen LogP contribution in [0, 0.1) is 21.8 Å². The largest absolute Gasteiger partial charge is 0.326 e. The van der Waals surface area contributed by atoms with E-state index in [1.807, 2.05) is 0 Å². The average Bonchev–Trinajstić information content (AvgIpc) is 2.39. The van der Waals surface area contributed by atoms with Gasteiger partial charge >= 0.3 is 5.69 Å². The Bertz CT molecular complexity index is 513. The molecule has 20 heavy (non-hydrogen) atoms. The van der Waals surface area contributed by atoms with Gasteiger partial charge in [0.25, 0.3) is 0 Å². The van der Waals surface area contributed by atoms with E-state index in [1.165, 1.54) is 12.5 Å². The van der Waals surface area contributed by atoms with Gasteiger partial charge in [0.15, 0.2) is 0 Å². The lowest BCUT2D eigenvalue weighted by molar-refractivity contribution is -0.387. The first-order valence-electron chi connectivity index (χ1n) is 6.80. The topological polar surface area (TPSA) is 72.2 Å². The number of carbonyl (C=O) groups is 1. The number of benzene rings is 1. The van der Waals surface area contributed by atoms with E-state index >= 15 is 0 Å². The summed E-state index contributed by atoms with van der Waals surface area (Å²) in [6.45, 7) is 0. The van der Waals surface area contributed by atoms with Crippen LogP contribution in [0.5, 0.6) is 0 Å². The highest BCUT2D eigenvalue weighted by atomic mass is 19.1. The van der Waals surface area contributed by atoms with Gasteiger partial charge in [-0.2, -0.15) is 4.39 Å². The van der Waals surface area contributed by atoms with Crippen molar-refractivity contribution in [2.45, 2.75) is 38.5 Å². The number of hydrogen-bond donors (Lipinski definition) is 1. The molecule has 1 aromatic carbocycles. The van der Waals surface area contributed by atoms with E-state index in [2.05, 4.69) is 5.32 Å². The number of hydrogen-bond acceptors (Lipinski definition) is 3. The van der Waals surface area contributed by atoms with Gasteiger partial charge in [-0.05, 0) is 24.8 Å². The predicted octanol–water partition coefficient (Wildman–Crippen LogP) is 3.64. The fraction of sp³-hybridized carbons (Fsp3) is 0.500. The molecule has 0 unspecified atom stereocenters. The summed E-state index contributed by atoms with van der Waals surface area (Å²) in [7, 11) is 0. The van der Waals surface area contributed by atoms with Crippen molar-refractivity contribution in [1.82, 2.24) is 0 Å². The van der Waals surface area contributed by atoms with Gasteiger partial charge < -0.3 is 5.32 Å². The van der Waals surface area contributed by atoms with Crippen molar-refractivity contribution in [3.05, 3.63) is 34.1 Å². The van der Waals surface area contributed by atoms with Crippen LogP contribution in [0.25, 0.3) is 0 Å². The minimum atomic E-state index is -0.939. The van der Waals surface area contributed by atoms with Crippen molar-refractivity contribution in [3.8, 4) is 0 Å². The maximum atomic E-state index is 13.4. The van der Waals surface area contributed by atoms with Gasteiger partial charge in [0.1, 0.15) is 0 Å². The summed E-state index contributed by atoms with van der Waals surface area (Å²) in [5.74, 6) is -0.706. The molecule has 0 saturated heterocycles. The van der Waals surface area contributed by atoms with Gasteiger partial charge in [-0.25, -0.2) is 0 Å². The molecule has 1 aliphatic carbocycles. The Balaban J connectivity index is 1.93. The van der Waals surface area contributed by atoms with E-state index in [1.54, 1.807) is 0 Å². The van der Waals surface area contributed by atoms with Crippen molar-refractivity contribution in [3.63, 3.8) is 0 Å². The van der Waals surface area contributed by atoms with Crippen LogP contribution in [0.2, 0.25) is 0 Å². The molecule has 1 aliphatic rings. The van der Waals surface area contributed by atoms with Gasteiger partial charge in [-0.15, -0.1) is 0 Å². The van der Waals surface area contributed by atoms with Gasteiger partial charge in [-0.1, -0.05) is 19.3 Å². The monoisotopic (exact) mass is 280 g/mol. The minimum absolute atomic E-state index is 0.162. The summed E-state index contributed by atoms with van der Waals surface area (Å²) in [5, 5.41) is 13.1. The van der Waals surface area contributed by atoms with Crippen LogP contribution in [0.4, 0.5) is 15.8 Å². The average molecular weight is 280 g/mol. The Morgan fingerprint density at radius 2 is 2.05 bits per heavy atom. The first kappa shape index (κ1) is 14.4. The summed E-state index contributed by atoms with van der Waals surface area (Å²) in [6.07, 6.45) is 6.09. The van der Waals surface area contributed by atoms with Gasteiger partial charge in [0.2, 0.25) is 11.7 Å². The summed E-state index contributed by atoms with van der Waals surface area (Å²) in [6, 6.07) is 3.39. The third kappa shape index (κ3) is 3.76. The summed E-state index contributed by atoms with van der Waals surface area (Å²) < 4.78 is 13.4. The fourth-order valence-electron chi connectivity index (χ4n) is 2.60. The zero-order valence-corrected chi connectivity index (χ0v) is 11.1. The van der Waals surface area contributed by atoms with Crippen LogP contribution < -0.4 is 5.32 Å².